The van der Waals surface area contributed by atoms with Crippen LogP contribution < -0.4 is 5.32 Å². The van der Waals surface area contributed by atoms with Gasteiger partial charge in [0.15, 0.2) is 0 Å². The highest BCUT2D eigenvalue weighted by Gasteiger charge is 2.27. The first-order valence-electron chi connectivity index (χ1n) is 7.92. The number of aryl methyl sites for hydroxylation is 1. The summed E-state index contributed by atoms with van der Waals surface area (Å²) in [6, 6.07) is 9.34. The van der Waals surface area contributed by atoms with Crippen LogP contribution >= 0.6 is 11.3 Å². The quantitative estimate of drug-likeness (QED) is 0.826. The lowest BCUT2D eigenvalue weighted by Gasteiger charge is -2.35. The van der Waals surface area contributed by atoms with Crippen molar-refractivity contribution in [3.63, 3.8) is 0 Å². The van der Waals surface area contributed by atoms with Crippen LogP contribution in [0.15, 0.2) is 29.6 Å². The first-order chi connectivity index (χ1) is 10.1. The number of anilines is 1. The molecule has 0 amide bonds. The Balaban J connectivity index is 1.72. The van der Waals surface area contributed by atoms with E-state index in [0.29, 0.717) is 6.04 Å². The van der Waals surface area contributed by atoms with E-state index in [2.05, 4.69) is 60.7 Å². The van der Waals surface area contributed by atoms with Gasteiger partial charge >= 0.3 is 0 Å². The van der Waals surface area contributed by atoms with E-state index in [1.807, 2.05) is 0 Å². The Labute approximate surface area is 131 Å². The maximum absolute atomic E-state index is 4.55. The van der Waals surface area contributed by atoms with Crippen molar-refractivity contribution in [2.24, 2.45) is 11.8 Å². The molecule has 0 spiro atoms. The summed E-state index contributed by atoms with van der Waals surface area (Å²) in [4.78, 5) is 4.55. The lowest BCUT2D eigenvalue weighted by atomic mass is 9.78. The maximum atomic E-state index is 4.55. The van der Waals surface area contributed by atoms with Gasteiger partial charge in [0.1, 0.15) is 0 Å². The summed E-state index contributed by atoms with van der Waals surface area (Å²) in [5.74, 6) is 1.52. The minimum atomic E-state index is 0.603. The number of thiazole rings is 1. The molecule has 1 aliphatic rings. The molecule has 0 radical (unpaired) electrons. The van der Waals surface area contributed by atoms with Crippen molar-refractivity contribution < 1.29 is 0 Å². The molecule has 3 heteroatoms. The predicted octanol–water partition coefficient (Wildman–Crippen LogP) is 5.36. The van der Waals surface area contributed by atoms with Crippen LogP contribution in [0.5, 0.6) is 0 Å². The van der Waals surface area contributed by atoms with Crippen molar-refractivity contribution in [3.8, 4) is 11.3 Å². The number of hydrogen-bond acceptors (Lipinski definition) is 3. The van der Waals surface area contributed by atoms with Crippen molar-refractivity contribution in [1.29, 1.82) is 0 Å². The molecule has 1 N–H and O–H groups in total. The molecule has 1 aromatic heterocycles. The summed E-state index contributed by atoms with van der Waals surface area (Å²) in [6.45, 7) is 6.80. The third kappa shape index (κ3) is 3.29. The summed E-state index contributed by atoms with van der Waals surface area (Å²) in [6.07, 6.45) is 4.07. The summed E-state index contributed by atoms with van der Waals surface area (Å²) < 4.78 is 0. The lowest BCUT2D eigenvalue weighted by molar-refractivity contribution is 0.268. The van der Waals surface area contributed by atoms with Crippen LogP contribution in [-0.2, 0) is 0 Å². The topological polar surface area (TPSA) is 24.9 Å². The fraction of sp³-hybridized carbons (Fsp3) is 0.500. The predicted molar refractivity (Wildman–Crippen MR) is 91.9 cm³/mol. The van der Waals surface area contributed by atoms with E-state index in [-0.39, 0.29) is 0 Å². The van der Waals surface area contributed by atoms with Gasteiger partial charge in [-0.05, 0) is 43.7 Å². The number of hydrogen-bond donors (Lipinski definition) is 1. The van der Waals surface area contributed by atoms with E-state index in [1.54, 1.807) is 11.3 Å². The molecule has 2 unspecified atom stereocenters. The SMILES string of the molecule is Cc1nc(-c2ccc(NC3C(C)CCCC3C)cc2)cs1. The van der Waals surface area contributed by atoms with Crippen molar-refractivity contribution in [2.45, 2.75) is 46.1 Å². The van der Waals surface area contributed by atoms with Crippen LogP contribution in [-0.4, -0.2) is 11.0 Å². The van der Waals surface area contributed by atoms with Crippen molar-refractivity contribution in [2.75, 3.05) is 5.32 Å². The summed E-state index contributed by atoms with van der Waals surface area (Å²) in [5, 5.41) is 7.00. The Hall–Kier alpha value is -1.35. The molecule has 2 aromatic rings. The van der Waals surface area contributed by atoms with Crippen molar-refractivity contribution in [1.82, 2.24) is 4.98 Å². The van der Waals surface area contributed by atoms with E-state index in [4.69, 9.17) is 0 Å². The van der Waals surface area contributed by atoms with Crippen LogP contribution in [0.2, 0.25) is 0 Å². The van der Waals surface area contributed by atoms with E-state index < -0.39 is 0 Å². The second kappa shape index (κ2) is 6.18. The van der Waals surface area contributed by atoms with Crippen LogP contribution in [0.4, 0.5) is 5.69 Å². The Morgan fingerprint density at radius 2 is 1.76 bits per heavy atom. The fourth-order valence-corrected chi connectivity index (χ4v) is 4.01. The molecule has 2 atom stereocenters. The van der Waals surface area contributed by atoms with Gasteiger partial charge < -0.3 is 5.32 Å². The lowest BCUT2D eigenvalue weighted by Crippen LogP contribution is -2.36. The van der Waals surface area contributed by atoms with E-state index in [9.17, 15) is 0 Å². The zero-order valence-electron chi connectivity index (χ0n) is 13.1. The molecule has 1 saturated carbocycles. The Kier molecular flexibility index (Phi) is 4.29. The average molecular weight is 300 g/mol. The number of aromatic nitrogens is 1. The van der Waals surface area contributed by atoms with Crippen molar-refractivity contribution in [3.05, 3.63) is 34.7 Å². The molecule has 21 heavy (non-hydrogen) atoms. The fourth-order valence-electron chi connectivity index (χ4n) is 3.39. The van der Waals surface area contributed by atoms with Gasteiger partial charge in [-0.2, -0.15) is 0 Å². The molecule has 1 fully saturated rings. The van der Waals surface area contributed by atoms with E-state index in [0.717, 1.165) is 22.5 Å². The zero-order chi connectivity index (χ0) is 14.8. The average Bonchev–Trinajstić information content (AvgIpc) is 2.90. The first kappa shape index (κ1) is 14.6. The molecule has 0 bridgehead atoms. The molecule has 1 aliphatic carbocycles. The molecule has 2 nitrogen and oxygen atoms in total. The van der Waals surface area contributed by atoms with Gasteiger partial charge in [0.2, 0.25) is 0 Å². The van der Waals surface area contributed by atoms with Gasteiger partial charge in [0.05, 0.1) is 10.7 Å². The summed E-state index contributed by atoms with van der Waals surface area (Å²) >= 11 is 1.71. The summed E-state index contributed by atoms with van der Waals surface area (Å²) in [5.41, 5.74) is 3.52. The monoisotopic (exact) mass is 300 g/mol. The second-order valence-electron chi connectivity index (χ2n) is 6.38. The van der Waals surface area contributed by atoms with Gasteiger partial charge in [-0.15, -0.1) is 11.3 Å². The van der Waals surface area contributed by atoms with Crippen LogP contribution in [0.3, 0.4) is 0 Å². The van der Waals surface area contributed by atoms with Gasteiger partial charge in [-0.25, -0.2) is 4.98 Å². The molecular weight excluding hydrogens is 276 g/mol. The molecule has 0 saturated heterocycles. The zero-order valence-corrected chi connectivity index (χ0v) is 13.9. The Bertz CT molecular complexity index is 578. The standard InChI is InChI=1S/C18H24N2S/c1-12-5-4-6-13(2)18(12)20-16-9-7-15(8-10-16)17-11-21-14(3)19-17/h7-13,18,20H,4-6H2,1-3H3. The first-order valence-corrected chi connectivity index (χ1v) is 8.80. The normalized spacial score (nSPS) is 25.8. The number of nitrogens with one attached hydrogen (secondary N) is 1. The molecule has 0 aliphatic heterocycles. The smallest absolute Gasteiger partial charge is 0.0901 e. The minimum absolute atomic E-state index is 0.603. The van der Waals surface area contributed by atoms with E-state index in [1.165, 1.54) is 30.5 Å². The van der Waals surface area contributed by atoms with Crippen molar-refractivity contribution >= 4 is 17.0 Å². The minimum Gasteiger partial charge on any atom is -0.382 e. The van der Waals surface area contributed by atoms with Crippen LogP contribution in [0.25, 0.3) is 11.3 Å². The Morgan fingerprint density at radius 1 is 1.10 bits per heavy atom. The highest BCUT2D eigenvalue weighted by Crippen LogP contribution is 2.32. The van der Waals surface area contributed by atoms with Crippen LogP contribution in [0, 0.1) is 18.8 Å². The molecule has 1 aromatic carbocycles. The molecule has 3 rings (SSSR count). The van der Waals surface area contributed by atoms with Crippen LogP contribution in [0.1, 0.15) is 38.1 Å². The highest BCUT2D eigenvalue weighted by molar-refractivity contribution is 7.09. The molecule has 1 heterocycles. The third-order valence-corrected chi connectivity index (χ3v) is 5.45. The number of benzene rings is 1. The highest BCUT2D eigenvalue weighted by atomic mass is 32.1. The summed E-state index contributed by atoms with van der Waals surface area (Å²) in [7, 11) is 0. The number of rotatable bonds is 3. The largest absolute Gasteiger partial charge is 0.382 e. The maximum Gasteiger partial charge on any atom is 0.0901 e. The van der Waals surface area contributed by atoms with Gasteiger partial charge in [0.25, 0.3) is 0 Å². The third-order valence-electron chi connectivity index (χ3n) is 4.68. The van der Waals surface area contributed by atoms with E-state index >= 15 is 0 Å². The van der Waals surface area contributed by atoms with Gasteiger partial charge in [0, 0.05) is 22.7 Å². The molecular formula is C18H24N2S. The number of nitrogens with zero attached hydrogens (tertiary/aromatic N) is 1. The second-order valence-corrected chi connectivity index (χ2v) is 7.45. The van der Waals surface area contributed by atoms with Gasteiger partial charge in [-0.3, -0.25) is 0 Å². The Morgan fingerprint density at radius 3 is 2.33 bits per heavy atom. The van der Waals surface area contributed by atoms with Gasteiger partial charge in [-0.1, -0.05) is 32.4 Å². The molecule has 112 valence electrons.